The van der Waals surface area contributed by atoms with E-state index in [1.54, 1.807) is 12.2 Å². The molecule has 0 aliphatic heterocycles. The highest BCUT2D eigenvalue weighted by Gasteiger charge is 2.34. The van der Waals surface area contributed by atoms with Crippen LogP contribution >= 0.6 is 0 Å². The number of aliphatic carboxylic acids is 1. The Morgan fingerprint density at radius 2 is 2.04 bits per heavy atom. The highest BCUT2D eigenvalue weighted by molar-refractivity contribution is 5.66. The number of allylic oxidation sites excluding steroid dienone is 3. The van der Waals surface area contributed by atoms with Gasteiger partial charge in [0.2, 0.25) is 0 Å². The molecule has 0 heterocycles. The van der Waals surface area contributed by atoms with Gasteiger partial charge in [0.1, 0.15) is 0 Å². The van der Waals surface area contributed by atoms with E-state index in [-0.39, 0.29) is 24.7 Å². The first-order valence-corrected chi connectivity index (χ1v) is 9.51. The van der Waals surface area contributed by atoms with Crippen LogP contribution in [0.2, 0.25) is 0 Å². The first-order valence-electron chi connectivity index (χ1n) is 11.5. The number of unbranched alkanes of at least 4 members (excludes halogenated alkanes) is 2. The normalized spacial score (nSPS) is 31.4. The molecule has 0 radical (unpaired) electrons. The Bertz CT molecular complexity index is 594. The van der Waals surface area contributed by atoms with Crippen molar-refractivity contribution in [2.75, 3.05) is 0 Å². The summed E-state index contributed by atoms with van der Waals surface area (Å²) in [5, 5.41) is 39.3. The number of aliphatic hydroxyl groups excluding tert-OH is 3. The Morgan fingerprint density at radius 1 is 1.27 bits per heavy atom. The Labute approximate surface area is 163 Å². The van der Waals surface area contributed by atoms with Gasteiger partial charge < -0.3 is 20.4 Å². The summed E-state index contributed by atoms with van der Waals surface area (Å²) < 4.78 is 31.2. The van der Waals surface area contributed by atoms with Crippen molar-refractivity contribution in [1.82, 2.24) is 0 Å². The molecular formula is C21H36O5. The average Bonchev–Trinajstić information content (AvgIpc) is 2.60. The summed E-state index contributed by atoms with van der Waals surface area (Å²) in [6.45, 7) is 2.08. The molecule has 0 aromatic heterocycles. The Hall–Kier alpha value is -1.17. The fourth-order valence-corrected chi connectivity index (χ4v) is 3.32. The van der Waals surface area contributed by atoms with Gasteiger partial charge in [0.15, 0.2) is 0 Å². The number of carboxylic acid groups (broad SMARTS) is 1. The highest BCUT2D eigenvalue weighted by atomic mass is 16.4. The van der Waals surface area contributed by atoms with Gasteiger partial charge >= 0.3 is 5.97 Å². The van der Waals surface area contributed by atoms with Crippen LogP contribution < -0.4 is 0 Å². The fraction of sp³-hybridized carbons (Fsp3) is 0.762. The lowest BCUT2D eigenvalue weighted by Gasteiger charge is -2.36. The van der Waals surface area contributed by atoms with Gasteiger partial charge in [-0.25, -0.2) is 0 Å². The van der Waals surface area contributed by atoms with Crippen LogP contribution in [-0.2, 0) is 4.79 Å². The molecule has 5 atom stereocenters. The largest absolute Gasteiger partial charge is 0.481 e. The van der Waals surface area contributed by atoms with Gasteiger partial charge in [-0.15, -0.1) is 0 Å². The molecule has 26 heavy (non-hydrogen) atoms. The van der Waals surface area contributed by atoms with Crippen molar-refractivity contribution in [3.8, 4) is 0 Å². The lowest BCUT2D eigenvalue weighted by Crippen LogP contribution is -2.38. The lowest BCUT2D eigenvalue weighted by molar-refractivity contribution is -0.137. The van der Waals surface area contributed by atoms with Gasteiger partial charge in [-0.05, 0) is 50.3 Å². The molecule has 1 saturated carbocycles. The molecule has 150 valence electrons. The topological polar surface area (TPSA) is 98.0 Å². The van der Waals surface area contributed by atoms with Crippen LogP contribution in [0.1, 0.15) is 76.5 Å². The molecule has 5 nitrogen and oxygen atoms in total. The van der Waals surface area contributed by atoms with Crippen LogP contribution in [0.5, 0.6) is 0 Å². The summed E-state index contributed by atoms with van der Waals surface area (Å²) in [6.07, 6.45) is 2.39. The summed E-state index contributed by atoms with van der Waals surface area (Å²) >= 11 is 0. The summed E-state index contributed by atoms with van der Waals surface area (Å²) in [5.41, 5.74) is 0. The van der Waals surface area contributed by atoms with Crippen LogP contribution in [0.4, 0.5) is 0 Å². The minimum Gasteiger partial charge on any atom is -0.481 e. The summed E-state index contributed by atoms with van der Waals surface area (Å²) in [6, 6.07) is 0. The van der Waals surface area contributed by atoms with E-state index in [2.05, 4.69) is 6.92 Å². The standard InChI is InChI=1S/C21H36O5/c1-2-3-6-9-17(22)13-12-16-14-18(23)15-20(24)19(16)10-7-4-5-8-11-21(25)26/h4,7,12-13,16-20,22-24H,2-3,5-6,8-11,14-15H2,1H3,(H,25,26)/b7-4-,13-12+/t16-,17-,18?,19+,20-/m0/s1/i5D2,8D2. The number of aliphatic hydroxyl groups is 3. The number of carboxylic acids is 1. The molecule has 1 rings (SSSR count). The van der Waals surface area contributed by atoms with Crippen LogP contribution in [0, 0.1) is 11.8 Å². The molecule has 0 spiro atoms. The summed E-state index contributed by atoms with van der Waals surface area (Å²) in [5.74, 6) is -1.95. The molecule has 1 fully saturated rings. The van der Waals surface area contributed by atoms with Crippen LogP contribution in [0.3, 0.4) is 0 Å². The molecule has 0 amide bonds. The number of hydrogen-bond donors (Lipinski definition) is 4. The zero-order valence-corrected chi connectivity index (χ0v) is 15.6. The first kappa shape index (κ1) is 17.0. The molecule has 0 bridgehead atoms. The van der Waals surface area contributed by atoms with Gasteiger partial charge in [0.25, 0.3) is 0 Å². The molecule has 0 aromatic carbocycles. The van der Waals surface area contributed by atoms with E-state index in [1.807, 2.05) is 0 Å². The first-order chi connectivity index (χ1) is 13.9. The van der Waals surface area contributed by atoms with Crippen LogP contribution in [0.25, 0.3) is 0 Å². The lowest BCUT2D eigenvalue weighted by atomic mass is 9.74. The van der Waals surface area contributed by atoms with Crippen molar-refractivity contribution >= 4 is 5.97 Å². The van der Waals surface area contributed by atoms with Crippen molar-refractivity contribution in [1.29, 1.82) is 0 Å². The van der Waals surface area contributed by atoms with Crippen LogP contribution in [0.15, 0.2) is 24.3 Å². The molecule has 1 aliphatic rings. The highest BCUT2D eigenvalue weighted by Crippen LogP contribution is 2.34. The Kier molecular flexibility index (Phi) is 8.53. The molecule has 0 saturated heterocycles. The van der Waals surface area contributed by atoms with Crippen LogP contribution in [-0.4, -0.2) is 44.7 Å². The SMILES string of the molecule is [2H]C([2H])(/C=C\C[C@H]1[C@@H](O)CC(O)C[C@@H]1/C=C/[C@@H](O)CCCCC)C([2H])([2H])CC(=O)O. The third kappa shape index (κ3) is 9.51. The van der Waals surface area contributed by atoms with E-state index in [0.29, 0.717) is 12.8 Å². The van der Waals surface area contributed by atoms with Crippen molar-refractivity contribution in [2.24, 2.45) is 11.8 Å². The van der Waals surface area contributed by atoms with Gasteiger partial charge in [-0.3, -0.25) is 4.79 Å². The molecule has 1 aliphatic carbocycles. The van der Waals surface area contributed by atoms with E-state index in [0.717, 1.165) is 25.3 Å². The summed E-state index contributed by atoms with van der Waals surface area (Å²) in [7, 11) is 0. The molecular weight excluding hydrogens is 332 g/mol. The predicted octanol–water partition coefficient (Wildman–Crippen LogP) is 3.43. The number of hydrogen-bond acceptors (Lipinski definition) is 4. The predicted molar refractivity (Wildman–Crippen MR) is 103 cm³/mol. The Balaban J connectivity index is 2.82. The second kappa shape index (κ2) is 13.1. The fourth-order valence-electron chi connectivity index (χ4n) is 3.32. The van der Waals surface area contributed by atoms with Gasteiger partial charge in [-0.1, -0.05) is 50.5 Å². The molecule has 4 N–H and O–H groups in total. The van der Waals surface area contributed by atoms with Crippen molar-refractivity contribution in [3.05, 3.63) is 24.3 Å². The smallest absolute Gasteiger partial charge is 0.303 e. The maximum atomic E-state index is 10.8. The van der Waals surface area contributed by atoms with E-state index >= 15 is 0 Å². The Morgan fingerprint density at radius 3 is 2.73 bits per heavy atom. The second-order valence-electron chi connectivity index (χ2n) is 7.00. The van der Waals surface area contributed by atoms with Crippen molar-refractivity contribution in [2.45, 2.75) is 89.3 Å². The van der Waals surface area contributed by atoms with Gasteiger partial charge in [0, 0.05) is 11.9 Å². The van der Waals surface area contributed by atoms with Gasteiger partial charge in [0.05, 0.1) is 18.3 Å². The minimum atomic E-state index is -2.57. The summed E-state index contributed by atoms with van der Waals surface area (Å²) in [4.78, 5) is 10.8. The van der Waals surface area contributed by atoms with E-state index in [1.165, 1.54) is 6.08 Å². The maximum absolute atomic E-state index is 10.8. The molecule has 0 aromatic rings. The monoisotopic (exact) mass is 372 g/mol. The molecule has 1 unspecified atom stereocenters. The average molecular weight is 373 g/mol. The van der Waals surface area contributed by atoms with E-state index in [9.17, 15) is 20.1 Å². The quantitative estimate of drug-likeness (QED) is 0.311. The number of carbonyl (C=O) groups is 1. The van der Waals surface area contributed by atoms with Crippen molar-refractivity contribution in [3.63, 3.8) is 0 Å². The number of rotatable bonds is 12. The van der Waals surface area contributed by atoms with Crippen molar-refractivity contribution < 1.29 is 30.7 Å². The van der Waals surface area contributed by atoms with Gasteiger partial charge in [-0.2, -0.15) is 0 Å². The minimum absolute atomic E-state index is 0.203. The van der Waals surface area contributed by atoms with E-state index in [4.69, 9.17) is 10.6 Å². The molecule has 5 heteroatoms. The third-order valence-corrected chi connectivity index (χ3v) is 4.74. The zero-order valence-electron chi connectivity index (χ0n) is 19.6. The maximum Gasteiger partial charge on any atom is 0.303 e. The second-order valence-corrected chi connectivity index (χ2v) is 7.00. The van der Waals surface area contributed by atoms with E-state index < -0.39 is 43.4 Å². The third-order valence-electron chi connectivity index (χ3n) is 4.74. The zero-order chi connectivity index (χ0) is 22.9.